The predicted molar refractivity (Wildman–Crippen MR) is 117 cm³/mol. The number of ether oxygens (including phenoxy) is 1. The van der Waals surface area contributed by atoms with E-state index >= 15 is 0 Å². The maximum absolute atomic E-state index is 12.4. The van der Waals surface area contributed by atoms with Crippen molar-refractivity contribution in [2.45, 2.75) is 26.6 Å². The lowest BCUT2D eigenvalue weighted by Crippen LogP contribution is -2.23. The average Bonchev–Trinajstić information content (AvgIpc) is 3.05. The first-order valence-electron chi connectivity index (χ1n) is 8.63. The molecule has 146 valence electrons. The molecular weight excluding hydrogens is 510 g/mol. The molecule has 0 spiro atoms. The van der Waals surface area contributed by atoms with Crippen LogP contribution in [0.25, 0.3) is 0 Å². The second-order valence-electron chi connectivity index (χ2n) is 6.02. The number of amides is 1. The summed E-state index contributed by atoms with van der Waals surface area (Å²) >= 11 is 13.0. The molecule has 0 aliphatic rings. The Labute approximate surface area is 185 Å². The fourth-order valence-electron chi connectivity index (χ4n) is 2.49. The highest BCUT2D eigenvalue weighted by molar-refractivity contribution is 9.10. The molecule has 3 rings (SSSR count). The number of hydrogen-bond acceptors (Lipinski definition) is 3. The van der Waals surface area contributed by atoms with Crippen LogP contribution in [-0.4, -0.2) is 15.7 Å². The molecule has 0 radical (unpaired) electrons. The van der Waals surface area contributed by atoms with Crippen LogP contribution in [0.1, 0.15) is 28.5 Å². The lowest BCUT2D eigenvalue weighted by Gasteiger charge is -2.09. The third-order valence-corrected chi connectivity index (χ3v) is 5.48. The third kappa shape index (κ3) is 5.37. The summed E-state index contributed by atoms with van der Waals surface area (Å²) in [6.07, 6.45) is 1.90. The van der Waals surface area contributed by atoms with Gasteiger partial charge in [-0.1, -0.05) is 39.7 Å². The number of rotatable bonds is 7. The van der Waals surface area contributed by atoms with Gasteiger partial charge in [0.05, 0.1) is 21.7 Å². The second-order valence-corrected chi connectivity index (χ2v) is 8.20. The van der Waals surface area contributed by atoms with E-state index in [0.29, 0.717) is 29.5 Å². The standard InChI is InChI=1S/C20H18Br2ClN3O2/c1-2-26-11-16(22)18(25-26)10-24-20(27)14-5-3-13(4-6-14)12-28-19-8-7-15(21)9-17(19)23/h3-9,11H,2,10,12H2,1H3,(H,24,27). The first kappa shape index (κ1) is 20.9. The Morgan fingerprint density at radius 2 is 1.96 bits per heavy atom. The highest BCUT2D eigenvalue weighted by atomic mass is 79.9. The number of aryl methyl sites for hydroxylation is 1. The van der Waals surface area contributed by atoms with Crippen molar-refractivity contribution in [1.82, 2.24) is 15.1 Å². The zero-order valence-electron chi connectivity index (χ0n) is 15.1. The highest BCUT2D eigenvalue weighted by Gasteiger charge is 2.10. The zero-order chi connectivity index (χ0) is 20.1. The quantitative estimate of drug-likeness (QED) is 0.436. The first-order chi connectivity index (χ1) is 13.5. The van der Waals surface area contributed by atoms with Crippen LogP contribution in [0.2, 0.25) is 5.02 Å². The Morgan fingerprint density at radius 3 is 2.61 bits per heavy atom. The molecule has 0 bridgehead atoms. The van der Waals surface area contributed by atoms with Gasteiger partial charge in [-0.25, -0.2) is 0 Å². The largest absolute Gasteiger partial charge is 0.487 e. The topological polar surface area (TPSA) is 56.2 Å². The fourth-order valence-corrected chi connectivity index (χ4v) is 3.67. The van der Waals surface area contributed by atoms with Crippen molar-refractivity contribution >= 4 is 49.4 Å². The first-order valence-corrected chi connectivity index (χ1v) is 10.6. The molecule has 2 aromatic carbocycles. The van der Waals surface area contributed by atoms with E-state index in [9.17, 15) is 4.79 Å². The molecule has 28 heavy (non-hydrogen) atoms. The van der Waals surface area contributed by atoms with Gasteiger partial charge >= 0.3 is 0 Å². The molecule has 3 aromatic rings. The van der Waals surface area contributed by atoms with Gasteiger partial charge in [0.2, 0.25) is 0 Å². The van der Waals surface area contributed by atoms with Gasteiger partial charge in [0.25, 0.3) is 5.91 Å². The molecule has 0 aliphatic heterocycles. The minimum atomic E-state index is -0.152. The van der Waals surface area contributed by atoms with Crippen molar-refractivity contribution in [1.29, 1.82) is 0 Å². The monoisotopic (exact) mass is 525 g/mol. The molecule has 5 nitrogen and oxygen atoms in total. The summed E-state index contributed by atoms with van der Waals surface area (Å²) in [6, 6.07) is 12.7. The van der Waals surface area contributed by atoms with Gasteiger partial charge < -0.3 is 10.1 Å². The second kappa shape index (κ2) is 9.58. The molecule has 8 heteroatoms. The Balaban J connectivity index is 1.55. The summed E-state index contributed by atoms with van der Waals surface area (Å²) in [5, 5.41) is 7.83. The summed E-state index contributed by atoms with van der Waals surface area (Å²) in [5.74, 6) is 0.463. The normalized spacial score (nSPS) is 10.7. The molecule has 0 saturated heterocycles. The number of carbonyl (C=O) groups is 1. The zero-order valence-corrected chi connectivity index (χ0v) is 19.0. The summed E-state index contributed by atoms with van der Waals surface area (Å²) in [7, 11) is 0. The molecule has 1 heterocycles. The van der Waals surface area contributed by atoms with Crippen LogP contribution in [0.4, 0.5) is 0 Å². The van der Waals surface area contributed by atoms with Crippen LogP contribution >= 0.6 is 43.5 Å². The molecule has 0 saturated carbocycles. The maximum Gasteiger partial charge on any atom is 0.251 e. The number of nitrogens with zero attached hydrogens (tertiary/aromatic N) is 2. The smallest absolute Gasteiger partial charge is 0.251 e. The fraction of sp³-hybridized carbons (Fsp3) is 0.200. The minimum Gasteiger partial charge on any atom is -0.487 e. The number of nitrogens with one attached hydrogen (secondary N) is 1. The highest BCUT2D eigenvalue weighted by Crippen LogP contribution is 2.28. The number of halogens is 3. The number of carbonyl (C=O) groups excluding carboxylic acids is 1. The van der Waals surface area contributed by atoms with E-state index < -0.39 is 0 Å². The summed E-state index contributed by atoms with van der Waals surface area (Å²) < 4.78 is 9.34. The molecule has 0 fully saturated rings. The van der Waals surface area contributed by atoms with E-state index in [0.717, 1.165) is 26.7 Å². The van der Waals surface area contributed by atoms with E-state index in [4.69, 9.17) is 16.3 Å². The van der Waals surface area contributed by atoms with Crippen LogP contribution in [-0.2, 0) is 19.7 Å². The molecule has 1 aromatic heterocycles. The van der Waals surface area contributed by atoms with Crippen molar-refractivity contribution < 1.29 is 9.53 Å². The van der Waals surface area contributed by atoms with Crippen molar-refractivity contribution in [3.05, 3.63) is 79.5 Å². The Kier molecular flexibility index (Phi) is 7.15. The van der Waals surface area contributed by atoms with Gasteiger partial charge in [-0.15, -0.1) is 0 Å². The molecular formula is C20H18Br2ClN3O2. The average molecular weight is 528 g/mol. The van der Waals surface area contributed by atoms with Crippen molar-refractivity contribution in [2.75, 3.05) is 0 Å². The molecule has 1 amide bonds. The van der Waals surface area contributed by atoms with Crippen LogP contribution in [0, 0.1) is 0 Å². The number of aromatic nitrogens is 2. The van der Waals surface area contributed by atoms with Crippen molar-refractivity contribution in [2.24, 2.45) is 0 Å². The Morgan fingerprint density at radius 1 is 1.21 bits per heavy atom. The third-order valence-electron chi connectivity index (χ3n) is 4.03. The molecule has 0 aliphatic carbocycles. The van der Waals surface area contributed by atoms with Gasteiger partial charge in [0.1, 0.15) is 12.4 Å². The van der Waals surface area contributed by atoms with Gasteiger partial charge in [0.15, 0.2) is 0 Å². The molecule has 1 N–H and O–H groups in total. The van der Waals surface area contributed by atoms with E-state index in [2.05, 4.69) is 42.3 Å². The SMILES string of the molecule is CCn1cc(Br)c(CNC(=O)c2ccc(COc3ccc(Br)cc3Cl)cc2)n1. The van der Waals surface area contributed by atoms with Crippen LogP contribution < -0.4 is 10.1 Å². The maximum atomic E-state index is 12.4. The summed E-state index contributed by atoms with van der Waals surface area (Å²) in [4.78, 5) is 12.4. The van der Waals surface area contributed by atoms with Crippen LogP contribution in [0.5, 0.6) is 5.75 Å². The minimum absolute atomic E-state index is 0.152. The van der Waals surface area contributed by atoms with Gasteiger partial charge in [-0.3, -0.25) is 9.48 Å². The van der Waals surface area contributed by atoms with Crippen LogP contribution in [0.3, 0.4) is 0 Å². The van der Waals surface area contributed by atoms with E-state index in [-0.39, 0.29) is 5.91 Å². The van der Waals surface area contributed by atoms with E-state index in [1.54, 1.807) is 18.2 Å². The van der Waals surface area contributed by atoms with Crippen LogP contribution in [0.15, 0.2) is 57.6 Å². The number of benzene rings is 2. The van der Waals surface area contributed by atoms with Gasteiger partial charge in [0, 0.05) is 22.8 Å². The lowest BCUT2D eigenvalue weighted by atomic mass is 10.1. The Bertz CT molecular complexity index is 974. The van der Waals surface area contributed by atoms with Gasteiger partial charge in [-0.2, -0.15) is 5.10 Å². The lowest BCUT2D eigenvalue weighted by molar-refractivity contribution is 0.0950. The van der Waals surface area contributed by atoms with Crippen molar-refractivity contribution in [3.8, 4) is 5.75 Å². The van der Waals surface area contributed by atoms with Gasteiger partial charge in [-0.05, 0) is 58.7 Å². The number of hydrogen-bond donors (Lipinski definition) is 1. The summed E-state index contributed by atoms with van der Waals surface area (Å²) in [5.41, 5.74) is 2.32. The molecule has 0 atom stereocenters. The van der Waals surface area contributed by atoms with E-state index in [1.807, 2.05) is 42.1 Å². The molecule has 0 unspecified atom stereocenters. The van der Waals surface area contributed by atoms with E-state index in [1.165, 1.54) is 0 Å². The Hall–Kier alpha value is -1.83. The predicted octanol–water partition coefficient (Wildman–Crippen LogP) is 5.59. The summed E-state index contributed by atoms with van der Waals surface area (Å²) in [6.45, 7) is 3.52. The van der Waals surface area contributed by atoms with Crippen molar-refractivity contribution in [3.63, 3.8) is 0 Å².